The van der Waals surface area contributed by atoms with Crippen LogP contribution in [0.1, 0.15) is 46.0 Å². The minimum atomic E-state index is -4.55. The number of rotatable bonds is 5. The third kappa shape index (κ3) is 6.82. The number of carbonyl (C=O) groups is 2. The summed E-state index contributed by atoms with van der Waals surface area (Å²) in [5.74, 6) is -1.40. The van der Waals surface area contributed by atoms with Gasteiger partial charge in [-0.25, -0.2) is 0 Å². The maximum atomic E-state index is 12.8. The normalized spacial score (nSPS) is 24.2. The standard InChI is InChI=1S/C14H21F3O4/c1-9(18)20-8-12-5-3-4-11(6-12)7-13(14(15,16)17)21-10(2)19/h11-13H,3-8H2,1-2H3. The maximum Gasteiger partial charge on any atom is 0.425 e. The molecule has 0 aromatic rings. The predicted molar refractivity (Wildman–Crippen MR) is 68.3 cm³/mol. The van der Waals surface area contributed by atoms with Crippen LogP contribution in [0.4, 0.5) is 13.2 Å². The lowest BCUT2D eigenvalue weighted by molar-refractivity contribution is -0.224. The number of esters is 2. The van der Waals surface area contributed by atoms with Crippen molar-refractivity contribution in [2.45, 2.75) is 58.2 Å². The molecule has 0 aromatic carbocycles. The van der Waals surface area contributed by atoms with Crippen LogP contribution >= 0.6 is 0 Å². The van der Waals surface area contributed by atoms with Gasteiger partial charge >= 0.3 is 18.1 Å². The summed E-state index contributed by atoms with van der Waals surface area (Å²) in [7, 11) is 0. The van der Waals surface area contributed by atoms with E-state index in [1.165, 1.54) is 6.92 Å². The first-order valence-corrected chi connectivity index (χ1v) is 7.05. The van der Waals surface area contributed by atoms with Gasteiger partial charge in [-0.3, -0.25) is 9.59 Å². The van der Waals surface area contributed by atoms with Crippen molar-refractivity contribution in [3.63, 3.8) is 0 Å². The van der Waals surface area contributed by atoms with Gasteiger partial charge in [-0.15, -0.1) is 0 Å². The zero-order chi connectivity index (χ0) is 16.0. The third-order valence-electron chi connectivity index (χ3n) is 3.63. The molecule has 0 amide bonds. The molecular formula is C14H21F3O4. The van der Waals surface area contributed by atoms with Gasteiger partial charge in [0.25, 0.3) is 0 Å². The molecule has 122 valence electrons. The lowest BCUT2D eigenvalue weighted by atomic mass is 9.79. The molecule has 1 fully saturated rings. The highest BCUT2D eigenvalue weighted by Crippen LogP contribution is 2.36. The Kier molecular flexibility index (Phi) is 6.48. The predicted octanol–water partition coefficient (Wildman–Crippen LogP) is 3.24. The van der Waals surface area contributed by atoms with Gasteiger partial charge in [0.15, 0.2) is 6.10 Å². The van der Waals surface area contributed by atoms with Crippen molar-refractivity contribution < 1.29 is 32.2 Å². The SMILES string of the molecule is CC(=O)OCC1CCCC(CC(OC(C)=O)C(F)(F)F)C1. The smallest absolute Gasteiger partial charge is 0.425 e. The maximum absolute atomic E-state index is 12.8. The van der Waals surface area contributed by atoms with Crippen LogP contribution in [0.3, 0.4) is 0 Å². The number of hydrogen-bond acceptors (Lipinski definition) is 4. The summed E-state index contributed by atoms with van der Waals surface area (Å²) in [6.07, 6.45) is -3.96. The minimum absolute atomic E-state index is 0.0823. The number of hydrogen-bond donors (Lipinski definition) is 0. The fourth-order valence-corrected chi connectivity index (χ4v) is 2.75. The first-order chi connectivity index (χ1) is 9.68. The summed E-state index contributed by atoms with van der Waals surface area (Å²) in [5.41, 5.74) is 0. The van der Waals surface area contributed by atoms with Gasteiger partial charge in [-0.2, -0.15) is 13.2 Å². The van der Waals surface area contributed by atoms with E-state index < -0.39 is 18.2 Å². The van der Waals surface area contributed by atoms with E-state index in [0.29, 0.717) is 12.8 Å². The molecule has 0 spiro atoms. The number of ether oxygens (including phenoxy) is 2. The van der Waals surface area contributed by atoms with Crippen molar-refractivity contribution in [2.75, 3.05) is 6.61 Å². The molecular weight excluding hydrogens is 289 g/mol. The van der Waals surface area contributed by atoms with Gasteiger partial charge in [0.1, 0.15) is 0 Å². The molecule has 4 nitrogen and oxygen atoms in total. The fourth-order valence-electron chi connectivity index (χ4n) is 2.75. The van der Waals surface area contributed by atoms with Crippen LogP contribution in [-0.2, 0) is 19.1 Å². The van der Waals surface area contributed by atoms with Crippen LogP contribution in [0.15, 0.2) is 0 Å². The summed E-state index contributed by atoms with van der Waals surface area (Å²) >= 11 is 0. The van der Waals surface area contributed by atoms with Crippen LogP contribution in [0, 0.1) is 11.8 Å². The number of alkyl halides is 3. The van der Waals surface area contributed by atoms with Crippen molar-refractivity contribution in [3.05, 3.63) is 0 Å². The van der Waals surface area contributed by atoms with Gasteiger partial charge in [0.2, 0.25) is 0 Å². The summed E-state index contributed by atoms with van der Waals surface area (Å²) in [6, 6.07) is 0. The third-order valence-corrected chi connectivity index (χ3v) is 3.63. The van der Waals surface area contributed by atoms with E-state index in [0.717, 1.165) is 19.8 Å². The summed E-state index contributed by atoms with van der Waals surface area (Å²) < 4.78 is 47.8. The van der Waals surface area contributed by atoms with E-state index in [1.807, 2.05) is 0 Å². The lowest BCUT2D eigenvalue weighted by Gasteiger charge is -2.31. The Morgan fingerprint density at radius 1 is 1.14 bits per heavy atom. The molecule has 0 aromatic heterocycles. The Morgan fingerprint density at radius 3 is 2.29 bits per heavy atom. The first-order valence-electron chi connectivity index (χ1n) is 7.05. The Labute approximate surface area is 122 Å². The van der Waals surface area contributed by atoms with Crippen molar-refractivity contribution >= 4 is 11.9 Å². The fraction of sp³-hybridized carbons (Fsp3) is 0.857. The molecule has 0 aliphatic heterocycles. The Morgan fingerprint density at radius 2 is 1.76 bits per heavy atom. The summed E-state index contributed by atoms with van der Waals surface area (Å²) in [4.78, 5) is 21.6. The van der Waals surface area contributed by atoms with E-state index in [2.05, 4.69) is 4.74 Å². The average Bonchev–Trinajstić information content (AvgIpc) is 2.34. The second-order valence-electron chi connectivity index (χ2n) is 5.58. The highest BCUT2D eigenvalue weighted by molar-refractivity contribution is 5.66. The van der Waals surface area contributed by atoms with Gasteiger partial charge in [0.05, 0.1) is 6.61 Å². The topological polar surface area (TPSA) is 52.6 Å². The molecule has 0 bridgehead atoms. The number of carbonyl (C=O) groups excluding carboxylic acids is 2. The molecule has 0 saturated heterocycles. The Balaban J connectivity index is 2.54. The minimum Gasteiger partial charge on any atom is -0.466 e. The van der Waals surface area contributed by atoms with E-state index in [1.54, 1.807) is 0 Å². The Hall–Kier alpha value is -1.27. The van der Waals surface area contributed by atoms with Gasteiger partial charge in [-0.05, 0) is 31.1 Å². The van der Waals surface area contributed by atoms with Crippen molar-refractivity contribution in [1.82, 2.24) is 0 Å². The van der Waals surface area contributed by atoms with Gasteiger partial charge in [0, 0.05) is 13.8 Å². The van der Waals surface area contributed by atoms with Crippen LogP contribution in [0.5, 0.6) is 0 Å². The van der Waals surface area contributed by atoms with Crippen LogP contribution in [0.25, 0.3) is 0 Å². The lowest BCUT2D eigenvalue weighted by Crippen LogP contribution is -2.36. The van der Waals surface area contributed by atoms with E-state index in [9.17, 15) is 22.8 Å². The van der Waals surface area contributed by atoms with E-state index in [4.69, 9.17) is 4.74 Å². The van der Waals surface area contributed by atoms with Crippen LogP contribution < -0.4 is 0 Å². The zero-order valence-electron chi connectivity index (χ0n) is 12.2. The van der Waals surface area contributed by atoms with Crippen LogP contribution in [-0.4, -0.2) is 30.8 Å². The van der Waals surface area contributed by atoms with Crippen molar-refractivity contribution in [2.24, 2.45) is 11.8 Å². The van der Waals surface area contributed by atoms with Gasteiger partial charge < -0.3 is 9.47 Å². The number of halogens is 3. The zero-order valence-corrected chi connectivity index (χ0v) is 12.2. The molecule has 1 aliphatic carbocycles. The Bertz CT molecular complexity index is 368. The van der Waals surface area contributed by atoms with Crippen molar-refractivity contribution in [3.8, 4) is 0 Å². The second-order valence-corrected chi connectivity index (χ2v) is 5.58. The highest BCUT2D eigenvalue weighted by atomic mass is 19.4. The second kappa shape index (κ2) is 7.66. The largest absolute Gasteiger partial charge is 0.466 e. The molecule has 0 heterocycles. The quantitative estimate of drug-likeness (QED) is 0.732. The van der Waals surface area contributed by atoms with Crippen molar-refractivity contribution in [1.29, 1.82) is 0 Å². The molecule has 7 heteroatoms. The molecule has 0 N–H and O–H groups in total. The van der Waals surface area contributed by atoms with Gasteiger partial charge in [-0.1, -0.05) is 12.8 Å². The summed E-state index contributed by atoms with van der Waals surface area (Å²) in [5, 5.41) is 0. The van der Waals surface area contributed by atoms with E-state index >= 15 is 0 Å². The molecule has 1 aliphatic rings. The first kappa shape index (κ1) is 17.8. The molecule has 1 saturated carbocycles. The summed E-state index contributed by atoms with van der Waals surface area (Å²) in [6.45, 7) is 2.53. The molecule has 3 atom stereocenters. The van der Waals surface area contributed by atoms with Crippen LogP contribution in [0.2, 0.25) is 0 Å². The monoisotopic (exact) mass is 310 g/mol. The molecule has 3 unspecified atom stereocenters. The highest BCUT2D eigenvalue weighted by Gasteiger charge is 2.44. The molecule has 0 radical (unpaired) electrons. The van der Waals surface area contributed by atoms with E-state index in [-0.39, 0.29) is 30.8 Å². The molecule has 21 heavy (non-hydrogen) atoms. The average molecular weight is 310 g/mol. The molecule has 1 rings (SSSR count).